The van der Waals surface area contributed by atoms with Crippen molar-refractivity contribution in [1.82, 2.24) is 5.32 Å². The second-order valence-corrected chi connectivity index (χ2v) is 6.64. The summed E-state index contributed by atoms with van der Waals surface area (Å²) in [7, 11) is 0. The third-order valence-electron chi connectivity index (χ3n) is 3.79. The van der Waals surface area contributed by atoms with Crippen molar-refractivity contribution in [2.75, 3.05) is 6.61 Å². The van der Waals surface area contributed by atoms with Crippen molar-refractivity contribution in [2.24, 2.45) is 5.92 Å². The summed E-state index contributed by atoms with van der Waals surface area (Å²) in [6, 6.07) is 2.00. The normalized spacial score (nSPS) is 29.5. The minimum Gasteiger partial charge on any atom is -0.394 e. The number of hydrogen-bond acceptors (Lipinski definition) is 3. The maximum atomic E-state index is 9.63. The molecule has 0 aromatic carbocycles. The van der Waals surface area contributed by atoms with E-state index in [1.54, 1.807) is 11.3 Å². The van der Waals surface area contributed by atoms with Gasteiger partial charge in [-0.25, -0.2) is 0 Å². The van der Waals surface area contributed by atoms with Crippen molar-refractivity contribution in [1.29, 1.82) is 0 Å². The highest BCUT2D eigenvalue weighted by Crippen LogP contribution is 2.32. The lowest BCUT2D eigenvalue weighted by Crippen LogP contribution is -2.50. The standard InChI is InChI=1S/C13H20ClNOS/c1-10-2-4-13(9-16,5-3-10)15-7-12-6-11(14)8-17-12/h6,8,10,15-16H,2-5,7,9H2,1H3. The van der Waals surface area contributed by atoms with Crippen LogP contribution in [0.2, 0.25) is 5.02 Å². The van der Waals surface area contributed by atoms with E-state index in [4.69, 9.17) is 11.6 Å². The summed E-state index contributed by atoms with van der Waals surface area (Å²) >= 11 is 7.57. The monoisotopic (exact) mass is 273 g/mol. The fourth-order valence-corrected chi connectivity index (χ4v) is 3.44. The highest BCUT2D eigenvalue weighted by molar-refractivity contribution is 7.10. The topological polar surface area (TPSA) is 32.3 Å². The maximum absolute atomic E-state index is 9.63. The first-order chi connectivity index (χ1) is 8.13. The first-order valence-electron chi connectivity index (χ1n) is 6.22. The minimum absolute atomic E-state index is 0.0665. The zero-order valence-electron chi connectivity index (χ0n) is 10.2. The summed E-state index contributed by atoms with van der Waals surface area (Å²) in [6.45, 7) is 3.34. The first-order valence-corrected chi connectivity index (χ1v) is 7.48. The minimum atomic E-state index is -0.0665. The molecule has 0 spiro atoms. The number of rotatable bonds is 4. The molecule has 4 heteroatoms. The van der Waals surface area contributed by atoms with E-state index in [1.165, 1.54) is 17.7 Å². The molecule has 2 nitrogen and oxygen atoms in total. The van der Waals surface area contributed by atoms with Gasteiger partial charge >= 0.3 is 0 Å². The van der Waals surface area contributed by atoms with Gasteiger partial charge < -0.3 is 10.4 Å². The lowest BCUT2D eigenvalue weighted by atomic mass is 9.77. The van der Waals surface area contributed by atoms with E-state index in [0.29, 0.717) is 0 Å². The molecule has 0 unspecified atom stereocenters. The smallest absolute Gasteiger partial charge is 0.0613 e. The molecule has 0 amide bonds. The van der Waals surface area contributed by atoms with Crippen LogP contribution in [0.5, 0.6) is 0 Å². The quantitative estimate of drug-likeness (QED) is 0.881. The van der Waals surface area contributed by atoms with Gasteiger partial charge in [0.25, 0.3) is 0 Å². The van der Waals surface area contributed by atoms with Crippen LogP contribution in [0.4, 0.5) is 0 Å². The first kappa shape index (κ1) is 13.3. The third kappa shape index (κ3) is 3.44. The van der Waals surface area contributed by atoms with Crippen molar-refractivity contribution in [3.63, 3.8) is 0 Å². The Morgan fingerprint density at radius 1 is 1.53 bits per heavy atom. The fourth-order valence-electron chi connectivity index (χ4n) is 2.43. The predicted molar refractivity (Wildman–Crippen MR) is 73.6 cm³/mol. The molecule has 17 heavy (non-hydrogen) atoms. The molecule has 1 aromatic heterocycles. The van der Waals surface area contributed by atoms with Gasteiger partial charge in [-0.15, -0.1) is 11.3 Å². The molecular formula is C13H20ClNOS. The van der Waals surface area contributed by atoms with Gasteiger partial charge in [-0.05, 0) is 37.7 Å². The Kier molecular flexibility index (Phi) is 4.47. The van der Waals surface area contributed by atoms with Crippen LogP contribution in [0.1, 0.15) is 37.5 Å². The lowest BCUT2D eigenvalue weighted by molar-refractivity contribution is 0.104. The molecule has 2 rings (SSSR count). The predicted octanol–water partition coefficient (Wildman–Crippen LogP) is 3.43. The average Bonchev–Trinajstić information content (AvgIpc) is 2.75. The van der Waals surface area contributed by atoms with E-state index in [-0.39, 0.29) is 12.1 Å². The highest BCUT2D eigenvalue weighted by Gasteiger charge is 2.32. The lowest BCUT2D eigenvalue weighted by Gasteiger charge is -2.39. The largest absolute Gasteiger partial charge is 0.394 e. The van der Waals surface area contributed by atoms with Crippen molar-refractivity contribution < 1.29 is 5.11 Å². The summed E-state index contributed by atoms with van der Waals surface area (Å²) in [5, 5.41) is 15.9. The molecule has 1 heterocycles. The average molecular weight is 274 g/mol. The number of aliphatic hydroxyl groups is 1. The fraction of sp³-hybridized carbons (Fsp3) is 0.692. The highest BCUT2D eigenvalue weighted by atomic mass is 35.5. The van der Waals surface area contributed by atoms with E-state index in [1.807, 2.05) is 11.4 Å². The van der Waals surface area contributed by atoms with E-state index in [0.717, 1.165) is 30.3 Å². The molecule has 0 saturated heterocycles. The van der Waals surface area contributed by atoms with E-state index in [9.17, 15) is 5.11 Å². The second-order valence-electron chi connectivity index (χ2n) is 5.21. The van der Waals surface area contributed by atoms with Crippen molar-refractivity contribution in [2.45, 2.75) is 44.7 Å². The zero-order chi connectivity index (χ0) is 12.3. The molecular weight excluding hydrogens is 254 g/mol. The Morgan fingerprint density at radius 2 is 2.24 bits per heavy atom. The van der Waals surface area contributed by atoms with Gasteiger partial charge in [0.1, 0.15) is 0 Å². The van der Waals surface area contributed by atoms with Gasteiger partial charge in [-0.2, -0.15) is 0 Å². The van der Waals surface area contributed by atoms with Gasteiger partial charge in [0.2, 0.25) is 0 Å². The molecule has 2 N–H and O–H groups in total. The Balaban J connectivity index is 1.91. The summed E-state index contributed by atoms with van der Waals surface area (Å²) in [5.41, 5.74) is -0.0665. The maximum Gasteiger partial charge on any atom is 0.0613 e. The van der Waals surface area contributed by atoms with Crippen molar-refractivity contribution in [3.05, 3.63) is 21.3 Å². The van der Waals surface area contributed by atoms with Gasteiger partial charge in [0.15, 0.2) is 0 Å². The zero-order valence-corrected chi connectivity index (χ0v) is 11.8. The molecule has 1 aromatic rings. The Labute approximate surface area is 112 Å². The van der Waals surface area contributed by atoms with Crippen LogP contribution in [0.25, 0.3) is 0 Å². The van der Waals surface area contributed by atoms with Crippen LogP contribution in [0.15, 0.2) is 11.4 Å². The van der Waals surface area contributed by atoms with E-state index < -0.39 is 0 Å². The molecule has 0 aliphatic heterocycles. The number of nitrogens with one attached hydrogen (secondary N) is 1. The van der Waals surface area contributed by atoms with Gasteiger partial charge in [-0.1, -0.05) is 18.5 Å². The van der Waals surface area contributed by atoms with E-state index >= 15 is 0 Å². The SMILES string of the molecule is CC1CCC(CO)(NCc2cc(Cl)cs2)CC1. The number of thiophene rings is 1. The van der Waals surface area contributed by atoms with Crippen molar-refractivity contribution >= 4 is 22.9 Å². The number of hydrogen-bond donors (Lipinski definition) is 2. The Bertz CT molecular complexity index is 358. The molecule has 1 aliphatic rings. The van der Waals surface area contributed by atoms with Crippen LogP contribution < -0.4 is 5.32 Å². The Hall–Kier alpha value is -0.0900. The molecule has 0 atom stereocenters. The third-order valence-corrected chi connectivity index (χ3v) is 5.08. The molecule has 0 bridgehead atoms. The van der Waals surface area contributed by atoms with Crippen LogP contribution in [0, 0.1) is 5.92 Å². The van der Waals surface area contributed by atoms with Gasteiger partial charge in [0.05, 0.1) is 11.6 Å². The van der Waals surface area contributed by atoms with Crippen LogP contribution in [-0.2, 0) is 6.54 Å². The summed E-state index contributed by atoms with van der Waals surface area (Å²) in [4.78, 5) is 1.24. The van der Waals surface area contributed by atoms with Crippen LogP contribution in [-0.4, -0.2) is 17.3 Å². The summed E-state index contributed by atoms with van der Waals surface area (Å²) in [5.74, 6) is 0.799. The molecule has 1 fully saturated rings. The molecule has 96 valence electrons. The number of aliphatic hydroxyl groups excluding tert-OH is 1. The number of halogens is 1. The molecule has 0 radical (unpaired) electrons. The van der Waals surface area contributed by atoms with Crippen molar-refractivity contribution in [3.8, 4) is 0 Å². The second kappa shape index (κ2) is 5.70. The summed E-state index contributed by atoms with van der Waals surface area (Å²) in [6.07, 6.45) is 4.56. The summed E-state index contributed by atoms with van der Waals surface area (Å²) < 4.78 is 0. The molecule has 1 saturated carbocycles. The molecule has 1 aliphatic carbocycles. The van der Waals surface area contributed by atoms with E-state index in [2.05, 4.69) is 12.2 Å². The van der Waals surface area contributed by atoms with Gasteiger partial charge in [0, 0.05) is 22.3 Å². The van der Waals surface area contributed by atoms with Crippen LogP contribution >= 0.6 is 22.9 Å². The van der Waals surface area contributed by atoms with Gasteiger partial charge in [-0.3, -0.25) is 0 Å². The Morgan fingerprint density at radius 3 is 2.76 bits per heavy atom. The van der Waals surface area contributed by atoms with Crippen LogP contribution in [0.3, 0.4) is 0 Å².